The molecule has 2 heterocycles. The Kier molecular flexibility index (Phi) is 8.98. The molecule has 0 aliphatic carbocycles. The lowest BCUT2D eigenvalue weighted by atomic mass is 10.1. The molecule has 1 aliphatic heterocycles. The van der Waals surface area contributed by atoms with Crippen LogP contribution in [0.25, 0.3) is 0 Å². The molecule has 2 atom stereocenters. The number of rotatable bonds is 9. The summed E-state index contributed by atoms with van der Waals surface area (Å²) in [6.07, 6.45) is 5.64. The van der Waals surface area contributed by atoms with Gasteiger partial charge in [0, 0.05) is 26.2 Å². The van der Waals surface area contributed by atoms with Crippen LogP contribution in [-0.2, 0) is 0 Å². The number of furan rings is 1. The molecular formula is C20H37N5O. The highest BCUT2D eigenvalue weighted by atomic mass is 16.3. The van der Waals surface area contributed by atoms with E-state index in [2.05, 4.69) is 52.3 Å². The Morgan fingerprint density at radius 2 is 1.88 bits per heavy atom. The maximum atomic E-state index is 5.72. The lowest BCUT2D eigenvalue weighted by molar-refractivity contribution is 0.146. The Morgan fingerprint density at radius 3 is 2.46 bits per heavy atom. The van der Waals surface area contributed by atoms with Gasteiger partial charge in [-0.05, 0) is 58.1 Å². The molecule has 0 radical (unpaired) electrons. The number of likely N-dealkylation sites (N-methyl/N-ethyl adjacent to an activating group) is 1. The lowest BCUT2D eigenvalue weighted by Crippen LogP contribution is -2.48. The van der Waals surface area contributed by atoms with Crippen LogP contribution < -0.4 is 10.6 Å². The second kappa shape index (κ2) is 11.2. The Labute approximate surface area is 159 Å². The minimum atomic E-state index is 0.254. The number of aliphatic imine (C=N–C) groups is 1. The molecule has 1 aliphatic rings. The van der Waals surface area contributed by atoms with Crippen LogP contribution in [-0.4, -0.2) is 68.1 Å². The minimum absolute atomic E-state index is 0.254. The molecule has 1 aromatic heterocycles. The predicted octanol–water partition coefficient (Wildman–Crippen LogP) is 2.70. The molecule has 0 aromatic carbocycles. The van der Waals surface area contributed by atoms with Crippen molar-refractivity contribution in [2.45, 2.75) is 52.1 Å². The molecule has 148 valence electrons. The van der Waals surface area contributed by atoms with Gasteiger partial charge in [-0.3, -0.25) is 14.8 Å². The van der Waals surface area contributed by atoms with Crippen molar-refractivity contribution in [1.29, 1.82) is 0 Å². The van der Waals surface area contributed by atoms with Crippen LogP contribution in [0.4, 0.5) is 0 Å². The van der Waals surface area contributed by atoms with Crippen molar-refractivity contribution in [3.8, 4) is 0 Å². The van der Waals surface area contributed by atoms with E-state index in [0.29, 0.717) is 6.04 Å². The number of piperidine rings is 1. The van der Waals surface area contributed by atoms with Gasteiger partial charge in [-0.1, -0.05) is 20.3 Å². The normalized spacial score (nSPS) is 18.7. The molecule has 6 heteroatoms. The smallest absolute Gasteiger partial charge is 0.191 e. The molecule has 2 rings (SSSR count). The van der Waals surface area contributed by atoms with E-state index in [1.807, 2.05) is 13.1 Å². The molecule has 1 aromatic rings. The molecule has 1 saturated heterocycles. The van der Waals surface area contributed by atoms with Gasteiger partial charge in [0.15, 0.2) is 5.96 Å². The van der Waals surface area contributed by atoms with Crippen molar-refractivity contribution in [3.05, 3.63) is 24.2 Å². The van der Waals surface area contributed by atoms with Crippen LogP contribution in [0.1, 0.15) is 51.8 Å². The first-order chi connectivity index (χ1) is 12.7. The quantitative estimate of drug-likeness (QED) is 0.522. The van der Waals surface area contributed by atoms with Crippen LogP contribution >= 0.6 is 0 Å². The Morgan fingerprint density at radius 1 is 1.19 bits per heavy atom. The summed E-state index contributed by atoms with van der Waals surface area (Å²) in [5, 5.41) is 6.97. The molecule has 0 amide bonds. The molecule has 2 unspecified atom stereocenters. The van der Waals surface area contributed by atoms with Gasteiger partial charge in [-0.25, -0.2) is 0 Å². The van der Waals surface area contributed by atoms with E-state index < -0.39 is 0 Å². The molecule has 0 bridgehead atoms. The Bertz CT molecular complexity index is 506. The summed E-state index contributed by atoms with van der Waals surface area (Å²) in [7, 11) is 1.83. The largest absolute Gasteiger partial charge is 0.468 e. The summed E-state index contributed by atoms with van der Waals surface area (Å²) in [5.74, 6) is 1.89. The first kappa shape index (κ1) is 20.8. The summed E-state index contributed by atoms with van der Waals surface area (Å²) in [6.45, 7) is 12.8. The summed E-state index contributed by atoms with van der Waals surface area (Å²) in [4.78, 5) is 9.37. The SMILES string of the molecule is CCN(CC)C(C)CNC(=NC)NCC(c1ccco1)N1CCCCC1. The molecule has 6 nitrogen and oxygen atoms in total. The van der Waals surface area contributed by atoms with Gasteiger partial charge in [-0.2, -0.15) is 0 Å². The van der Waals surface area contributed by atoms with Crippen molar-refractivity contribution in [2.24, 2.45) is 4.99 Å². The molecule has 2 N–H and O–H groups in total. The van der Waals surface area contributed by atoms with Gasteiger partial charge in [0.05, 0.1) is 12.3 Å². The third-order valence-electron chi connectivity index (χ3n) is 5.39. The lowest BCUT2D eigenvalue weighted by Gasteiger charge is -2.34. The second-order valence-corrected chi connectivity index (χ2v) is 7.03. The molecule has 1 fully saturated rings. The zero-order valence-electron chi connectivity index (χ0n) is 17.0. The molecule has 26 heavy (non-hydrogen) atoms. The van der Waals surface area contributed by atoms with E-state index in [1.54, 1.807) is 6.26 Å². The predicted molar refractivity (Wildman–Crippen MR) is 109 cm³/mol. The van der Waals surface area contributed by atoms with E-state index in [4.69, 9.17) is 4.42 Å². The number of nitrogens with one attached hydrogen (secondary N) is 2. The standard InChI is InChI=1S/C20H37N5O/c1-5-24(6-2)17(3)15-22-20(21-4)23-16-18(19-11-10-14-26-19)25-12-8-7-9-13-25/h10-11,14,17-18H,5-9,12-13,15-16H2,1-4H3,(H2,21,22,23). The van der Waals surface area contributed by atoms with Gasteiger partial charge in [0.1, 0.15) is 5.76 Å². The fourth-order valence-electron chi connectivity index (χ4n) is 3.75. The zero-order valence-corrected chi connectivity index (χ0v) is 17.0. The summed E-state index contributed by atoms with van der Waals surface area (Å²) >= 11 is 0. The van der Waals surface area contributed by atoms with Crippen molar-refractivity contribution >= 4 is 5.96 Å². The Balaban J connectivity index is 1.89. The van der Waals surface area contributed by atoms with Gasteiger partial charge in [0.2, 0.25) is 0 Å². The van der Waals surface area contributed by atoms with Crippen molar-refractivity contribution < 1.29 is 4.42 Å². The number of hydrogen-bond acceptors (Lipinski definition) is 4. The first-order valence-electron chi connectivity index (χ1n) is 10.2. The highest BCUT2D eigenvalue weighted by Gasteiger charge is 2.24. The number of likely N-dealkylation sites (tertiary alicyclic amines) is 1. The summed E-state index contributed by atoms with van der Waals surface area (Å²) in [5.41, 5.74) is 0. The first-order valence-corrected chi connectivity index (χ1v) is 10.2. The van der Waals surface area contributed by atoms with Gasteiger partial charge in [-0.15, -0.1) is 0 Å². The van der Waals surface area contributed by atoms with Gasteiger partial charge >= 0.3 is 0 Å². The van der Waals surface area contributed by atoms with E-state index >= 15 is 0 Å². The van der Waals surface area contributed by atoms with Crippen molar-refractivity contribution in [1.82, 2.24) is 20.4 Å². The maximum Gasteiger partial charge on any atom is 0.191 e. The van der Waals surface area contributed by atoms with Gasteiger partial charge in [0.25, 0.3) is 0 Å². The van der Waals surface area contributed by atoms with E-state index in [9.17, 15) is 0 Å². The summed E-state index contributed by atoms with van der Waals surface area (Å²) in [6, 6.07) is 4.79. The van der Waals surface area contributed by atoms with Crippen LogP contribution in [0, 0.1) is 0 Å². The number of hydrogen-bond donors (Lipinski definition) is 2. The average molecular weight is 364 g/mol. The topological polar surface area (TPSA) is 56.0 Å². The third kappa shape index (κ3) is 6.02. The van der Waals surface area contributed by atoms with Gasteiger partial charge < -0.3 is 15.1 Å². The van der Waals surface area contributed by atoms with Crippen LogP contribution in [0.3, 0.4) is 0 Å². The monoisotopic (exact) mass is 363 g/mol. The average Bonchev–Trinajstić information content (AvgIpc) is 3.20. The minimum Gasteiger partial charge on any atom is -0.468 e. The van der Waals surface area contributed by atoms with Crippen molar-refractivity contribution in [2.75, 3.05) is 46.3 Å². The number of nitrogens with zero attached hydrogens (tertiary/aromatic N) is 3. The summed E-state index contributed by atoms with van der Waals surface area (Å²) < 4.78 is 5.72. The maximum absolute atomic E-state index is 5.72. The van der Waals surface area contributed by atoms with E-state index in [-0.39, 0.29) is 6.04 Å². The number of guanidine groups is 1. The Hall–Kier alpha value is -1.53. The van der Waals surface area contributed by atoms with Crippen LogP contribution in [0.5, 0.6) is 0 Å². The van der Waals surface area contributed by atoms with Crippen molar-refractivity contribution in [3.63, 3.8) is 0 Å². The van der Waals surface area contributed by atoms with E-state index in [0.717, 1.165) is 51.0 Å². The highest BCUT2D eigenvalue weighted by Crippen LogP contribution is 2.24. The molecule has 0 spiro atoms. The van der Waals surface area contributed by atoms with Crippen LogP contribution in [0.15, 0.2) is 27.8 Å². The second-order valence-electron chi connectivity index (χ2n) is 7.03. The fraction of sp³-hybridized carbons (Fsp3) is 0.750. The highest BCUT2D eigenvalue weighted by molar-refractivity contribution is 5.79. The van der Waals surface area contributed by atoms with E-state index in [1.165, 1.54) is 19.3 Å². The van der Waals surface area contributed by atoms with Crippen LogP contribution in [0.2, 0.25) is 0 Å². The molecule has 0 saturated carbocycles. The fourth-order valence-corrected chi connectivity index (χ4v) is 3.75. The third-order valence-corrected chi connectivity index (χ3v) is 5.39. The zero-order chi connectivity index (χ0) is 18.8. The molecular weight excluding hydrogens is 326 g/mol.